The second-order valence-corrected chi connectivity index (χ2v) is 4.57. The number of hydrogen-bond donors (Lipinski definition) is 3. The van der Waals surface area contributed by atoms with Crippen molar-refractivity contribution in [2.75, 3.05) is 0 Å². The van der Waals surface area contributed by atoms with Crippen LogP contribution in [0.4, 0.5) is 0 Å². The molecule has 5 heteroatoms. The molecule has 2 heterocycles. The first-order valence-corrected chi connectivity index (χ1v) is 6.05. The van der Waals surface area contributed by atoms with Crippen molar-refractivity contribution in [2.24, 2.45) is 12.8 Å². The Bertz CT molecular complexity index is 597. The maximum atomic E-state index is 5.86. The van der Waals surface area contributed by atoms with Crippen molar-refractivity contribution in [3.05, 3.63) is 59.6 Å². The molecule has 0 amide bonds. The second kappa shape index (κ2) is 5.06. The monoisotopic (exact) mass is 257 g/mol. The smallest absolute Gasteiger partial charge is 0.0807 e. The van der Waals surface area contributed by atoms with Crippen LogP contribution in [0, 0.1) is 6.92 Å². The molecule has 1 aromatic rings. The molecule has 0 spiro atoms. The summed E-state index contributed by atoms with van der Waals surface area (Å²) >= 11 is 0. The van der Waals surface area contributed by atoms with Crippen LogP contribution in [0.1, 0.15) is 18.2 Å². The van der Waals surface area contributed by atoms with Crippen LogP contribution in [0.3, 0.4) is 0 Å². The lowest BCUT2D eigenvalue weighted by Gasteiger charge is -2.18. The summed E-state index contributed by atoms with van der Waals surface area (Å²) < 4.78 is 1.78. The van der Waals surface area contributed by atoms with Crippen molar-refractivity contribution in [3.8, 4) is 0 Å². The Morgan fingerprint density at radius 2 is 2.11 bits per heavy atom. The van der Waals surface area contributed by atoms with E-state index < -0.39 is 0 Å². The van der Waals surface area contributed by atoms with Gasteiger partial charge in [-0.05, 0) is 25.5 Å². The Hall–Kier alpha value is -2.43. The minimum Gasteiger partial charge on any atom is -0.401 e. The Morgan fingerprint density at radius 1 is 1.42 bits per heavy atom. The molecule has 100 valence electrons. The van der Waals surface area contributed by atoms with Gasteiger partial charge in [0, 0.05) is 36.9 Å². The molecule has 1 aliphatic heterocycles. The van der Waals surface area contributed by atoms with E-state index in [1.54, 1.807) is 10.9 Å². The molecule has 0 aromatic carbocycles. The topological polar surface area (TPSA) is 67.9 Å². The Balaban J connectivity index is 2.35. The van der Waals surface area contributed by atoms with E-state index in [2.05, 4.69) is 22.3 Å². The van der Waals surface area contributed by atoms with E-state index in [0.29, 0.717) is 0 Å². The van der Waals surface area contributed by atoms with Gasteiger partial charge in [-0.25, -0.2) is 0 Å². The van der Waals surface area contributed by atoms with Crippen molar-refractivity contribution in [3.63, 3.8) is 0 Å². The minimum absolute atomic E-state index is 0.721. The summed E-state index contributed by atoms with van der Waals surface area (Å²) in [5.74, 6) is 0. The van der Waals surface area contributed by atoms with Gasteiger partial charge < -0.3 is 16.4 Å². The van der Waals surface area contributed by atoms with Crippen LogP contribution in [0.5, 0.6) is 0 Å². The van der Waals surface area contributed by atoms with E-state index in [4.69, 9.17) is 5.73 Å². The molecule has 0 bridgehead atoms. The zero-order chi connectivity index (χ0) is 14.0. The fourth-order valence-corrected chi connectivity index (χ4v) is 2.01. The maximum absolute atomic E-state index is 5.86. The molecule has 2 rings (SSSR count). The Labute approximate surface area is 113 Å². The zero-order valence-corrected chi connectivity index (χ0v) is 11.5. The van der Waals surface area contributed by atoms with Crippen LogP contribution >= 0.6 is 0 Å². The van der Waals surface area contributed by atoms with Crippen molar-refractivity contribution in [1.29, 1.82) is 0 Å². The van der Waals surface area contributed by atoms with Gasteiger partial charge in [-0.3, -0.25) is 4.68 Å². The molecule has 4 N–H and O–H groups in total. The van der Waals surface area contributed by atoms with Gasteiger partial charge in [0.05, 0.1) is 17.1 Å². The molecule has 19 heavy (non-hydrogen) atoms. The lowest BCUT2D eigenvalue weighted by atomic mass is 10.1. The summed E-state index contributed by atoms with van der Waals surface area (Å²) in [4.78, 5) is 0. The molecule has 0 saturated carbocycles. The SMILES string of the molecule is C=C(/C=C1/NC=CN/C1=C(\C)N)c1cn(C)nc1C. The summed E-state index contributed by atoms with van der Waals surface area (Å²) in [7, 11) is 1.90. The number of nitrogens with one attached hydrogen (secondary N) is 2. The minimum atomic E-state index is 0.721. The molecular weight excluding hydrogens is 238 g/mol. The molecule has 0 fully saturated rings. The van der Waals surface area contributed by atoms with Crippen LogP contribution in [0.25, 0.3) is 5.57 Å². The normalized spacial score (nSPS) is 19.0. The standard InChI is InChI=1S/C14H19N5/c1-9(12-8-19(4)18-11(12)3)7-13-14(10(2)15)17-6-5-16-13/h5-8,16-17H,1,15H2,2-4H3/b13-7+,14-10+. The number of aromatic nitrogens is 2. The second-order valence-electron chi connectivity index (χ2n) is 4.57. The highest BCUT2D eigenvalue weighted by Crippen LogP contribution is 2.21. The largest absolute Gasteiger partial charge is 0.401 e. The van der Waals surface area contributed by atoms with Gasteiger partial charge in [-0.15, -0.1) is 0 Å². The van der Waals surface area contributed by atoms with Crippen LogP contribution in [-0.2, 0) is 7.05 Å². The summed E-state index contributed by atoms with van der Waals surface area (Å²) in [5.41, 5.74) is 11.2. The highest BCUT2D eigenvalue weighted by molar-refractivity contribution is 5.74. The maximum Gasteiger partial charge on any atom is 0.0807 e. The number of rotatable bonds is 2. The predicted molar refractivity (Wildman–Crippen MR) is 77.4 cm³/mol. The quantitative estimate of drug-likeness (QED) is 0.750. The number of hydrogen-bond acceptors (Lipinski definition) is 4. The third kappa shape index (κ3) is 2.70. The third-order valence-corrected chi connectivity index (χ3v) is 2.89. The molecule has 0 saturated heterocycles. The van der Waals surface area contributed by atoms with Gasteiger partial charge >= 0.3 is 0 Å². The van der Waals surface area contributed by atoms with Crippen molar-refractivity contribution >= 4 is 5.57 Å². The molecule has 0 unspecified atom stereocenters. The molecule has 1 aliphatic rings. The lowest BCUT2D eigenvalue weighted by Crippen LogP contribution is -2.25. The highest BCUT2D eigenvalue weighted by atomic mass is 15.2. The van der Waals surface area contributed by atoms with Crippen LogP contribution in [0.2, 0.25) is 0 Å². The van der Waals surface area contributed by atoms with Crippen LogP contribution in [-0.4, -0.2) is 9.78 Å². The third-order valence-electron chi connectivity index (χ3n) is 2.89. The van der Waals surface area contributed by atoms with E-state index in [1.165, 1.54) is 0 Å². The number of nitrogens with two attached hydrogens (primary N) is 1. The van der Waals surface area contributed by atoms with Gasteiger partial charge in [0.25, 0.3) is 0 Å². The summed E-state index contributed by atoms with van der Waals surface area (Å²) in [6.45, 7) is 7.93. The van der Waals surface area contributed by atoms with Gasteiger partial charge in [0.1, 0.15) is 0 Å². The van der Waals surface area contributed by atoms with Gasteiger partial charge in [0.15, 0.2) is 0 Å². The van der Waals surface area contributed by atoms with E-state index >= 15 is 0 Å². The van der Waals surface area contributed by atoms with Gasteiger partial charge in [0.2, 0.25) is 0 Å². The van der Waals surface area contributed by atoms with Gasteiger partial charge in [-0.2, -0.15) is 5.10 Å². The molecule has 0 radical (unpaired) electrons. The molecule has 0 aliphatic carbocycles. The fourth-order valence-electron chi connectivity index (χ4n) is 2.01. The zero-order valence-electron chi connectivity index (χ0n) is 11.5. The number of aryl methyl sites for hydroxylation is 2. The summed E-state index contributed by atoms with van der Waals surface area (Å²) in [6.07, 6.45) is 7.55. The Morgan fingerprint density at radius 3 is 2.68 bits per heavy atom. The van der Waals surface area contributed by atoms with Crippen molar-refractivity contribution in [1.82, 2.24) is 20.4 Å². The highest BCUT2D eigenvalue weighted by Gasteiger charge is 2.11. The predicted octanol–water partition coefficient (Wildman–Crippen LogP) is 1.48. The van der Waals surface area contributed by atoms with E-state index in [9.17, 15) is 0 Å². The first-order valence-electron chi connectivity index (χ1n) is 6.05. The number of nitrogens with zero attached hydrogens (tertiary/aromatic N) is 2. The molecule has 1 aromatic heterocycles. The van der Waals surface area contributed by atoms with Crippen LogP contribution < -0.4 is 16.4 Å². The average molecular weight is 257 g/mol. The van der Waals surface area contributed by atoms with Gasteiger partial charge in [-0.1, -0.05) is 6.58 Å². The molecular formula is C14H19N5. The summed E-state index contributed by atoms with van der Waals surface area (Å²) in [6, 6.07) is 0. The average Bonchev–Trinajstić information content (AvgIpc) is 2.69. The Kier molecular flexibility index (Phi) is 3.46. The fraction of sp³-hybridized carbons (Fsp3) is 0.214. The van der Waals surface area contributed by atoms with Crippen LogP contribution in [0.15, 0.2) is 48.3 Å². The first kappa shape index (κ1) is 13.0. The lowest BCUT2D eigenvalue weighted by molar-refractivity contribution is 0.756. The van der Waals surface area contributed by atoms with E-state index in [1.807, 2.05) is 39.4 Å². The van der Waals surface area contributed by atoms with E-state index in [-0.39, 0.29) is 0 Å². The first-order chi connectivity index (χ1) is 8.99. The van der Waals surface area contributed by atoms with Crippen molar-refractivity contribution in [2.45, 2.75) is 13.8 Å². The summed E-state index contributed by atoms with van der Waals surface area (Å²) in [5, 5.41) is 10.6. The number of allylic oxidation sites excluding steroid dienone is 3. The van der Waals surface area contributed by atoms with E-state index in [0.717, 1.165) is 33.9 Å². The molecule has 5 nitrogen and oxygen atoms in total. The molecule has 0 atom stereocenters. The van der Waals surface area contributed by atoms with Crippen molar-refractivity contribution < 1.29 is 0 Å².